The third-order valence-corrected chi connectivity index (χ3v) is 5.67. The summed E-state index contributed by atoms with van der Waals surface area (Å²) in [6.45, 7) is 11.5. The van der Waals surface area contributed by atoms with Crippen LogP contribution in [0.2, 0.25) is 0 Å². The van der Waals surface area contributed by atoms with Crippen LogP contribution in [0.15, 0.2) is 40.3 Å². The standard InChI is InChI=1S/C24H30N6O3/c1-15(2)21-27-24(33-29-21)30-12-10-20(11-13-30)31-22-17(4)23(26-14-25-22)32-28-18(5)19-8-6-16(3)7-9-19/h6-9,14-15,20H,10-13H2,1-5H3/b28-18-. The topological polar surface area (TPSA) is 98.8 Å². The Labute approximate surface area is 193 Å². The third-order valence-electron chi connectivity index (χ3n) is 5.67. The summed E-state index contributed by atoms with van der Waals surface area (Å²) in [5, 5.41) is 8.29. The fourth-order valence-corrected chi connectivity index (χ4v) is 3.50. The zero-order valence-corrected chi connectivity index (χ0v) is 19.8. The minimum Gasteiger partial charge on any atom is -0.474 e. The van der Waals surface area contributed by atoms with Gasteiger partial charge in [-0.2, -0.15) is 9.97 Å². The number of hydrogen-bond acceptors (Lipinski definition) is 9. The van der Waals surface area contributed by atoms with Crippen molar-refractivity contribution in [3.05, 3.63) is 53.1 Å². The Morgan fingerprint density at radius 2 is 1.79 bits per heavy atom. The number of nitrogens with zero attached hydrogens (tertiary/aromatic N) is 6. The van der Waals surface area contributed by atoms with Crippen LogP contribution in [0.1, 0.15) is 62.0 Å². The van der Waals surface area contributed by atoms with E-state index in [4.69, 9.17) is 14.1 Å². The summed E-state index contributed by atoms with van der Waals surface area (Å²) in [6.07, 6.45) is 3.12. The summed E-state index contributed by atoms with van der Waals surface area (Å²) >= 11 is 0. The monoisotopic (exact) mass is 450 g/mol. The smallest absolute Gasteiger partial charge is 0.324 e. The van der Waals surface area contributed by atoms with Gasteiger partial charge in [-0.05, 0) is 26.3 Å². The molecule has 174 valence electrons. The zero-order valence-electron chi connectivity index (χ0n) is 19.8. The molecule has 0 aliphatic carbocycles. The molecule has 0 unspecified atom stereocenters. The highest BCUT2D eigenvalue weighted by Crippen LogP contribution is 2.27. The molecule has 1 saturated heterocycles. The summed E-state index contributed by atoms with van der Waals surface area (Å²) in [6, 6.07) is 8.70. The lowest BCUT2D eigenvalue weighted by atomic mass is 10.1. The van der Waals surface area contributed by atoms with Gasteiger partial charge in [-0.25, -0.2) is 4.98 Å². The maximum absolute atomic E-state index is 6.19. The fraction of sp³-hybridized carbons (Fsp3) is 0.458. The molecule has 0 bridgehead atoms. The van der Waals surface area contributed by atoms with Gasteiger partial charge >= 0.3 is 6.01 Å². The van der Waals surface area contributed by atoms with Crippen LogP contribution in [0.25, 0.3) is 0 Å². The maximum Gasteiger partial charge on any atom is 0.324 e. The van der Waals surface area contributed by atoms with Gasteiger partial charge in [-0.3, -0.25) is 0 Å². The van der Waals surface area contributed by atoms with E-state index in [1.54, 1.807) is 0 Å². The molecule has 1 aliphatic rings. The van der Waals surface area contributed by atoms with Gasteiger partial charge < -0.3 is 19.0 Å². The van der Waals surface area contributed by atoms with Crippen molar-refractivity contribution < 1.29 is 14.1 Å². The van der Waals surface area contributed by atoms with E-state index in [0.717, 1.165) is 48.6 Å². The first-order valence-corrected chi connectivity index (χ1v) is 11.3. The van der Waals surface area contributed by atoms with Crippen molar-refractivity contribution in [2.75, 3.05) is 18.0 Å². The van der Waals surface area contributed by atoms with Crippen LogP contribution in [0, 0.1) is 13.8 Å². The second-order valence-corrected chi connectivity index (χ2v) is 8.64. The fourth-order valence-electron chi connectivity index (χ4n) is 3.50. The van der Waals surface area contributed by atoms with E-state index in [-0.39, 0.29) is 12.0 Å². The molecule has 0 spiro atoms. The average molecular weight is 451 g/mol. The molecule has 0 atom stereocenters. The Kier molecular flexibility index (Phi) is 6.86. The number of hydrogen-bond donors (Lipinski definition) is 0. The van der Waals surface area contributed by atoms with E-state index >= 15 is 0 Å². The Balaban J connectivity index is 1.36. The van der Waals surface area contributed by atoms with Crippen molar-refractivity contribution in [3.63, 3.8) is 0 Å². The van der Waals surface area contributed by atoms with Gasteiger partial charge in [-0.15, -0.1) is 0 Å². The molecule has 1 fully saturated rings. The first-order valence-electron chi connectivity index (χ1n) is 11.3. The molecule has 0 saturated carbocycles. The van der Waals surface area contributed by atoms with Gasteiger partial charge in [0.05, 0.1) is 11.3 Å². The van der Waals surface area contributed by atoms with Crippen molar-refractivity contribution in [3.8, 4) is 11.8 Å². The molecule has 3 aromatic rings. The first kappa shape index (κ1) is 22.7. The van der Waals surface area contributed by atoms with Crippen molar-refractivity contribution in [2.24, 2.45) is 5.16 Å². The second-order valence-electron chi connectivity index (χ2n) is 8.64. The van der Waals surface area contributed by atoms with Crippen molar-refractivity contribution >= 4 is 11.7 Å². The van der Waals surface area contributed by atoms with Crippen LogP contribution < -0.4 is 14.5 Å². The zero-order chi connectivity index (χ0) is 23.4. The van der Waals surface area contributed by atoms with Gasteiger partial charge in [0.2, 0.25) is 5.88 Å². The Bertz CT molecular complexity index is 1100. The third kappa shape index (κ3) is 5.47. The second kappa shape index (κ2) is 9.97. The quantitative estimate of drug-likeness (QED) is 0.385. The van der Waals surface area contributed by atoms with Crippen molar-refractivity contribution in [1.29, 1.82) is 0 Å². The van der Waals surface area contributed by atoms with Crippen molar-refractivity contribution in [1.82, 2.24) is 20.1 Å². The molecular weight excluding hydrogens is 420 g/mol. The molecule has 0 N–H and O–H groups in total. The Hall–Kier alpha value is -3.49. The van der Waals surface area contributed by atoms with Gasteiger partial charge in [0, 0.05) is 31.8 Å². The van der Waals surface area contributed by atoms with E-state index in [2.05, 4.69) is 37.1 Å². The van der Waals surface area contributed by atoms with Crippen LogP contribution in [-0.2, 0) is 0 Å². The number of benzene rings is 1. The van der Waals surface area contributed by atoms with Gasteiger partial charge in [0.25, 0.3) is 5.88 Å². The molecule has 1 aliphatic heterocycles. The lowest BCUT2D eigenvalue weighted by molar-refractivity contribution is 0.159. The summed E-state index contributed by atoms with van der Waals surface area (Å²) < 4.78 is 11.6. The molecular formula is C24H30N6O3. The minimum absolute atomic E-state index is 0.0352. The lowest BCUT2D eigenvalue weighted by Gasteiger charge is -2.30. The van der Waals surface area contributed by atoms with Crippen LogP contribution in [0.4, 0.5) is 6.01 Å². The number of aromatic nitrogens is 4. The number of aryl methyl sites for hydroxylation is 1. The average Bonchev–Trinajstić information content (AvgIpc) is 3.31. The number of oxime groups is 1. The normalized spacial score (nSPS) is 15.2. The SMILES string of the molecule is C/C(=N/Oc1ncnc(OC2CCN(c3nc(C(C)C)no3)CC2)c1C)c1ccc(C)cc1. The minimum atomic E-state index is 0.0352. The molecule has 9 nitrogen and oxygen atoms in total. The first-order chi connectivity index (χ1) is 15.9. The molecule has 0 radical (unpaired) electrons. The number of anilines is 1. The highest BCUT2D eigenvalue weighted by molar-refractivity contribution is 5.98. The van der Waals surface area contributed by atoms with Crippen LogP contribution in [0.3, 0.4) is 0 Å². The van der Waals surface area contributed by atoms with E-state index < -0.39 is 0 Å². The largest absolute Gasteiger partial charge is 0.474 e. The molecule has 0 amide bonds. The molecule has 4 rings (SSSR count). The van der Waals surface area contributed by atoms with Crippen molar-refractivity contribution in [2.45, 2.75) is 59.5 Å². The maximum atomic E-state index is 6.19. The van der Waals surface area contributed by atoms with Gasteiger partial charge in [-0.1, -0.05) is 54.0 Å². The Morgan fingerprint density at radius 3 is 2.45 bits per heavy atom. The van der Waals surface area contributed by atoms with Crippen LogP contribution in [0.5, 0.6) is 11.8 Å². The number of rotatable bonds is 7. The number of ether oxygens (including phenoxy) is 1. The highest BCUT2D eigenvalue weighted by atomic mass is 16.6. The summed E-state index contributed by atoms with van der Waals surface area (Å²) in [7, 11) is 0. The van der Waals surface area contributed by atoms with Gasteiger partial charge in [0.1, 0.15) is 12.4 Å². The summed E-state index contributed by atoms with van der Waals surface area (Å²) in [5.41, 5.74) is 3.69. The molecule has 2 aromatic heterocycles. The Morgan fingerprint density at radius 1 is 1.09 bits per heavy atom. The van der Waals surface area contributed by atoms with E-state index in [1.807, 2.05) is 52.0 Å². The van der Waals surface area contributed by atoms with E-state index in [0.29, 0.717) is 17.8 Å². The van der Waals surface area contributed by atoms with Gasteiger partial charge in [0.15, 0.2) is 5.82 Å². The predicted molar refractivity (Wildman–Crippen MR) is 125 cm³/mol. The molecule has 1 aromatic carbocycles. The summed E-state index contributed by atoms with van der Waals surface area (Å²) in [4.78, 5) is 20.8. The van der Waals surface area contributed by atoms with Crippen LogP contribution in [-0.4, -0.2) is 45.0 Å². The van der Waals surface area contributed by atoms with E-state index in [9.17, 15) is 0 Å². The molecule has 9 heteroatoms. The summed E-state index contributed by atoms with van der Waals surface area (Å²) in [5.74, 6) is 1.87. The molecule has 33 heavy (non-hydrogen) atoms. The van der Waals surface area contributed by atoms with Crippen LogP contribution >= 0.6 is 0 Å². The lowest BCUT2D eigenvalue weighted by Crippen LogP contribution is -2.38. The highest BCUT2D eigenvalue weighted by Gasteiger charge is 2.26. The predicted octanol–water partition coefficient (Wildman–Crippen LogP) is 4.45. The number of piperidine rings is 1. The van der Waals surface area contributed by atoms with E-state index in [1.165, 1.54) is 11.9 Å². The molecule has 3 heterocycles.